The predicted octanol–water partition coefficient (Wildman–Crippen LogP) is 5.04. The van der Waals surface area contributed by atoms with Gasteiger partial charge >= 0.3 is 0 Å². The first-order valence-corrected chi connectivity index (χ1v) is 15.5. The van der Waals surface area contributed by atoms with Gasteiger partial charge in [0.1, 0.15) is 0 Å². The van der Waals surface area contributed by atoms with Crippen LogP contribution in [0.1, 0.15) is 17.5 Å². The standard InChI is InChI=1S/C29H29N5O3S2/c1-33-28(24-8-10-26-23(19-24)5-2-13-30-26)31-32-29(33)38-18-4-14-34-15-11-21-7-9-25(20-22(21)12-16-34)39(35,36)27-6-3-17-37-27/h2-3,5-10,13,17,19-20H,4,11-12,14-16,18H2,1H3. The van der Waals surface area contributed by atoms with Gasteiger partial charge in [0.2, 0.25) is 14.9 Å². The number of benzene rings is 2. The van der Waals surface area contributed by atoms with E-state index in [1.165, 1.54) is 17.9 Å². The zero-order valence-electron chi connectivity index (χ0n) is 21.7. The van der Waals surface area contributed by atoms with Crippen LogP contribution in [0.25, 0.3) is 22.3 Å². The molecule has 0 amide bonds. The van der Waals surface area contributed by atoms with Gasteiger partial charge < -0.3 is 13.9 Å². The summed E-state index contributed by atoms with van der Waals surface area (Å²) >= 11 is 1.73. The second-order valence-corrected chi connectivity index (χ2v) is 12.6. The maximum absolute atomic E-state index is 12.9. The SMILES string of the molecule is Cn1c(SCCCN2CCc3ccc(S(=O)(=O)c4ccco4)cc3CC2)nnc1-c1ccc2ncccc2c1. The summed E-state index contributed by atoms with van der Waals surface area (Å²) in [6.45, 7) is 2.86. The fourth-order valence-electron chi connectivity index (χ4n) is 5.03. The predicted molar refractivity (Wildman–Crippen MR) is 152 cm³/mol. The molecule has 39 heavy (non-hydrogen) atoms. The highest BCUT2D eigenvalue weighted by Gasteiger charge is 2.23. The minimum absolute atomic E-state index is 0.0141. The molecule has 0 aliphatic carbocycles. The molecule has 2 aromatic carbocycles. The van der Waals surface area contributed by atoms with E-state index in [4.69, 9.17) is 4.42 Å². The molecule has 0 unspecified atom stereocenters. The lowest BCUT2D eigenvalue weighted by Gasteiger charge is -2.19. The Morgan fingerprint density at radius 2 is 1.85 bits per heavy atom. The van der Waals surface area contributed by atoms with E-state index in [1.54, 1.807) is 30.1 Å². The summed E-state index contributed by atoms with van der Waals surface area (Å²) in [5.41, 5.74) is 4.33. The molecule has 200 valence electrons. The van der Waals surface area contributed by atoms with Crippen molar-refractivity contribution in [3.05, 3.63) is 84.3 Å². The van der Waals surface area contributed by atoms with Crippen molar-refractivity contribution in [3.63, 3.8) is 0 Å². The second-order valence-electron chi connectivity index (χ2n) is 9.69. The normalized spacial score (nSPS) is 14.4. The van der Waals surface area contributed by atoms with Crippen LogP contribution in [0.2, 0.25) is 0 Å². The maximum Gasteiger partial charge on any atom is 0.239 e. The Morgan fingerprint density at radius 3 is 2.69 bits per heavy atom. The Hall–Kier alpha value is -3.47. The molecule has 0 saturated heterocycles. The Labute approximate surface area is 232 Å². The zero-order valence-corrected chi connectivity index (χ0v) is 23.3. The van der Waals surface area contributed by atoms with Crippen molar-refractivity contribution in [3.8, 4) is 11.4 Å². The molecule has 0 fully saturated rings. The number of hydrogen-bond donors (Lipinski definition) is 0. The number of hydrogen-bond acceptors (Lipinski definition) is 8. The van der Waals surface area contributed by atoms with E-state index in [9.17, 15) is 8.42 Å². The zero-order chi connectivity index (χ0) is 26.8. The molecule has 4 heterocycles. The molecule has 8 nitrogen and oxygen atoms in total. The average molecular weight is 560 g/mol. The van der Waals surface area contributed by atoms with E-state index in [2.05, 4.69) is 36.8 Å². The smallest absolute Gasteiger partial charge is 0.239 e. The highest BCUT2D eigenvalue weighted by Crippen LogP contribution is 2.27. The van der Waals surface area contributed by atoms with Gasteiger partial charge in [0.15, 0.2) is 11.0 Å². The Morgan fingerprint density at radius 1 is 0.974 bits per heavy atom. The summed E-state index contributed by atoms with van der Waals surface area (Å²) in [5, 5.41) is 10.9. The summed E-state index contributed by atoms with van der Waals surface area (Å²) in [5.74, 6) is 1.80. The Balaban J connectivity index is 1.03. The van der Waals surface area contributed by atoms with Gasteiger partial charge in [-0.1, -0.05) is 23.9 Å². The fraction of sp³-hybridized carbons (Fsp3) is 0.276. The quantitative estimate of drug-likeness (QED) is 0.193. The van der Waals surface area contributed by atoms with Crippen molar-refractivity contribution in [2.24, 2.45) is 7.05 Å². The number of furan rings is 1. The van der Waals surface area contributed by atoms with Gasteiger partial charge in [0, 0.05) is 43.0 Å². The van der Waals surface area contributed by atoms with E-state index < -0.39 is 9.84 Å². The van der Waals surface area contributed by atoms with Crippen molar-refractivity contribution in [1.29, 1.82) is 0 Å². The molecular weight excluding hydrogens is 530 g/mol. The maximum atomic E-state index is 12.9. The van der Waals surface area contributed by atoms with Crippen LogP contribution in [0.3, 0.4) is 0 Å². The molecule has 0 radical (unpaired) electrons. The van der Waals surface area contributed by atoms with Gasteiger partial charge in [-0.05, 0) is 85.5 Å². The first-order chi connectivity index (χ1) is 19.0. The Kier molecular flexibility index (Phi) is 7.24. The van der Waals surface area contributed by atoms with E-state index >= 15 is 0 Å². The number of pyridine rings is 1. The van der Waals surface area contributed by atoms with Gasteiger partial charge in [-0.2, -0.15) is 0 Å². The molecule has 1 aliphatic heterocycles. The first kappa shape index (κ1) is 25.8. The number of aromatic nitrogens is 4. The lowest BCUT2D eigenvalue weighted by Crippen LogP contribution is -2.27. The highest BCUT2D eigenvalue weighted by atomic mass is 32.2. The van der Waals surface area contributed by atoms with Crippen LogP contribution in [0.15, 0.2) is 92.7 Å². The molecule has 3 aromatic heterocycles. The summed E-state index contributed by atoms with van der Waals surface area (Å²) < 4.78 is 32.9. The number of fused-ring (bicyclic) bond motifs is 2. The van der Waals surface area contributed by atoms with Crippen LogP contribution in [0.5, 0.6) is 0 Å². The molecule has 10 heteroatoms. The van der Waals surface area contributed by atoms with Gasteiger partial charge in [-0.3, -0.25) is 4.98 Å². The third-order valence-corrected chi connectivity index (χ3v) is 9.93. The monoisotopic (exact) mass is 559 g/mol. The van der Waals surface area contributed by atoms with Gasteiger partial charge in [0.05, 0.1) is 16.7 Å². The van der Waals surface area contributed by atoms with Gasteiger partial charge in [0.25, 0.3) is 0 Å². The summed E-state index contributed by atoms with van der Waals surface area (Å²) in [7, 11) is -1.62. The molecule has 0 bridgehead atoms. The van der Waals surface area contributed by atoms with Crippen molar-refractivity contribution in [2.45, 2.75) is 34.4 Å². The molecule has 5 aromatic rings. The third-order valence-electron chi connectivity index (χ3n) is 7.19. The summed E-state index contributed by atoms with van der Waals surface area (Å²) in [6.07, 6.45) is 5.97. The minimum Gasteiger partial charge on any atom is -0.453 e. The van der Waals surface area contributed by atoms with Crippen molar-refractivity contribution < 1.29 is 12.8 Å². The van der Waals surface area contributed by atoms with Crippen molar-refractivity contribution >= 4 is 32.5 Å². The molecule has 1 aliphatic rings. The van der Waals surface area contributed by atoms with E-state index in [0.717, 1.165) is 77.7 Å². The fourth-order valence-corrected chi connectivity index (χ4v) is 7.08. The van der Waals surface area contributed by atoms with Crippen LogP contribution < -0.4 is 0 Å². The topological polar surface area (TPSA) is 94.1 Å². The first-order valence-electron chi connectivity index (χ1n) is 13.0. The Bertz CT molecular complexity index is 1710. The van der Waals surface area contributed by atoms with E-state index in [-0.39, 0.29) is 5.09 Å². The number of thioether (sulfide) groups is 1. The van der Waals surface area contributed by atoms with Gasteiger partial charge in [-0.15, -0.1) is 10.2 Å². The molecule has 0 N–H and O–H groups in total. The third kappa shape index (κ3) is 5.36. The van der Waals surface area contributed by atoms with Gasteiger partial charge in [-0.25, -0.2) is 8.42 Å². The van der Waals surface area contributed by atoms with Crippen LogP contribution in [0, 0.1) is 0 Å². The van der Waals surface area contributed by atoms with Crippen molar-refractivity contribution in [2.75, 3.05) is 25.4 Å². The van der Waals surface area contributed by atoms with E-state index in [1.807, 2.05) is 37.4 Å². The van der Waals surface area contributed by atoms with Crippen LogP contribution >= 0.6 is 11.8 Å². The minimum atomic E-state index is -3.63. The molecule has 0 atom stereocenters. The largest absolute Gasteiger partial charge is 0.453 e. The molecule has 0 saturated carbocycles. The molecule has 0 spiro atoms. The van der Waals surface area contributed by atoms with Crippen molar-refractivity contribution in [1.82, 2.24) is 24.6 Å². The van der Waals surface area contributed by atoms with Crippen LogP contribution in [0.4, 0.5) is 0 Å². The molecular formula is C29H29N5O3S2. The highest BCUT2D eigenvalue weighted by molar-refractivity contribution is 7.99. The number of sulfone groups is 1. The average Bonchev–Trinajstić information content (AvgIpc) is 3.58. The summed E-state index contributed by atoms with van der Waals surface area (Å²) in [4.78, 5) is 7.15. The number of rotatable bonds is 8. The number of nitrogens with zero attached hydrogens (tertiary/aromatic N) is 5. The lowest BCUT2D eigenvalue weighted by atomic mass is 10.0. The molecule has 6 rings (SSSR count). The van der Waals surface area contributed by atoms with Crippen LogP contribution in [-0.2, 0) is 29.7 Å². The van der Waals surface area contributed by atoms with E-state index in [0.29, 0.717) is 4.90 Å². The van der Waals surface area contributed by atoms with Crippen LogP contribution in [-0.4, -0.2) is 58.5 Å². The summed E-state index contributed by atoms with van der Waals surface area (Å²) in [6, 6.07) is 18.7. The second kappa shape index (κ2) is 11.0. The lowest BCUT2D eigenvalue weighted by molar-refractivity contribution is 0.289.